The fourth-order valence-corrected chi connectivity index (χ4v) is 1.21. The first-order valence-electron chi connectivity index (χ1n) is 5.08. The first-order chi connectivity index (χ1) is 6.36. The molecule has 0 radical (unpaired) electrons. The Labute approximate surface area is 80.1 Å². The first-order valence-corrected chi connectivity index (χ1v) is 5.08. The average Bonchev–Trinajstić information content (AvgIpc) is 2.59. The summed E-state index contributed by atoms with van der Waals surface area (Å²) in [6.07, 6.45) is 6.50. The first kappa shape index (κ1) is 10.3. The highest BCUT2D eigenvalue weighted by Gasteiger charge is 1.96. The molecule has 1 aromatic heterocycles. The van der Waals surface area contributed by atoms with Crippen LogP contribution in [0.2, 0.25) is 0 Å². The molecule has 1 N–H and O–H groups in total. The number of nitrogens with one attached hydrogen (secondary N) is 1. The summed E-state index contributed by atoms with van der Waals surface area (Å²) in [6, 6.07) is 0. The maximum atomic E-state index is 4.28. The molecule has 0 saturated carbocycles. The van der Waals surface area contributed by atoms with E-state index in [0.29, 0.717) is 0 Å². The van der Waals surface area contributed by atoms with E-state index >= 15 is 0 Å². The van der Waals surface area contributed by atoms with Crippen LogP contribution in [0.3, 0.4) is 0 Å². The summed E-state index contributed by atoms with van der Waals surface area (Å²) in [5, 5.41) is 7.56. The van der Waals surface area contributed by atoms with E-state index in [9.17, 15) is 0 Å². The van der Waals surface area contributed by atoms with Crippen molar-refractivity contribution in [2.24, 2.45) is 0 Å². The van der Waals surface area contributed by atoms with Gasteiger partial charge in [-0.15, -0.1) is 0 Å². The van der Waals surface area contributed by atoms with Crippen molar-refractivity contribution >= 4 is 0 Å². The van der Waals surface area contributed by atoms with Crippen LogP contribution in [0.25, 0.3) is 0 Å². The maximum absolute atomic E-state index is 4.28. The zero-order valence-corrected chi connectivity index (χ0v) is 8.58. The summed E-state index contributed by atoms with van der Waals surface area (Å²) in [5.74, 6) is 0. The van der Waals surface area contributed by atoms with Crippen LogP contribution in [0.4, 0.5) is 0 Å². The van der Waals surface area contributed by atoms with Gasteiger partial charge in [0.15, 0.2) is 0 Å². The quantitative estimate of drug-likeness (QED) is 0.725. The summed E-state index contributed by atoms with van der Waals surface area (Å²) in [7, 11) is 0. The minimum absolute atomic E-state index is 0.933. The Morgan fingerprint density at radius 2 is 2.31 bits per heavy atom. The molecule has 0 bridgehead atoms. The number of nitrogens with zero attached hydrogens (tertiary/aromatic N) is 2. The topological polar surface area (TPSA) is 29.9 Å². The van der Waals surface area contributed by atoms with E-state index in [4.69, 9.17) is 0 Å². The molecule has 1 heterocycles. The molecule has 0 saturated heterocycles. The van der Waals surface area contributed by atoms with E-state index < -0.39 is 0 Å². The third kappa shape index (κ3) is 3.59. The predicted octanol–water partition coefficient (Wildman–Crippen LogP) is 1.79. The lowest BCUT2D eigenvalue weighted by Gasteiger charge is -1.98. The predicted molar refractivity (Wildman–Crippen MR) is 54.5 cm³/mol. The van der Waals surface area contributed by atoms with Crippen LogP contribution in [0.1, 0.15) is 32.3 Å². The highest BCUT2D eigenvalue weighted by Crippen LogP contribution is 1.99. The van der Waals surface area contributed by atoms with Crippen LogP contribution >= 0.6 is 0 Å². The van der Waals surface area contributed by atoms with Gasteiger partial charge in [-0.25, -0.2) is 0 Å². The Morgan fingerprint density at radius 3 is 3.00 bits per heavy atom. The highest BCUT2D eigenvalue weighted by molar-refractivity contribution is 5.02. The zero-order valence-electron chi connectivity index (χ0n) is 8.58. The molecule has 3 heteroatoms. The minimum atomic E-state index is 0.933. The molecule has 0 aromatic carbocycles. The Kier molecular flexibility index (Phi) is 4.54. The summed E-state index contributed by atoms with van der Waals surface area (Å²) >= 11 is 0. The lowest BCUT2D eigenvalue weighted by Crippen LogP contribution is -2.11. The van der Waals surface area contributed by atoms with Crippen molar-refractivity contribution in [3.63, 3.8) is 0 Å². The monoisotopic (exact) mass is 181 g/mol. The summed E-state index contributed by atoms with van der Waals surface area (Å²) in [5.41, 5.74) is 1.28. The van der Waals surface area contributed by atoms with Crippen LogP contribution in [-0.4, -0.2) is 16.3 Å². The Balaban J connectivity index is 2.34. The maximum Gasteiger partial charge on any atom is 0.0534 e. The second kappa shape index (κ2) is 5.75. The molecule has 0 spiro atoms. The molecular weight excluding hydrogens is 162 g/mol. The van der Waals surface area contributed by atoms with Gasteiger partial charge in [0.05, 0.1) is 6.20 Å². The zero-order chi connectivity index (χ0) is 9.52. The number of aryl methyl sites for hydroxylation is 1. The van der Waals surface area contributed by atoms with Crippen molar-refractivity contribution in [1.29, 1.82) is 0 Å². The van der Waals surface area contributed by atoms with Gasteiger partial charge in [-0.3, -0.25) is 4.68 Å². The summed E-state index contributed by atoms with van der Waals surface area (Å²) in [4.78, 5) is 0. The van der Waals surface area contributed by atoms with Gasteiger partial charge in [-0.05, 0) is 13.0 Å². The number of unbranched alkanes of at least 4 members (excludes halogenated alkanes) is 1. The van der Waals surface area contributed by atoms with Gasteiger partial charge in [0.25, 0.3) is 0 Å². The number of aromatic nitrogens is 2. The van der Waals surface area contributed by atoms with Crippen molar-refractivity contribution < 1.29 is 0 Å². The molecule has 1 aromatic rings. The summed E-state index contributed by atoms with van der Waals surface area (Å²) < 4.78 is 2.02. The van der Waals surface area contributed by atoms with Crippen LogP contribution < -0.4 is 5.32 Å². The van der Waals surface area contributed by atoms with E-state index in [1.807, 2.05) is 10.9 Å². The lowest BCUT2D eigenvalue weighted by atomic mass is 10.3. The van der Waals surface area contributed by atoms with E-state index in [1.54, 1.807) is 0 Å². The van der Waals surface area contributed by atoms with Crippen LogP contribution in [0, 0.1) is 0 Å². The fraction of sp³-hybridized carbons (Fsp3) is 0.700. The molecule has 13 heavy (non-hydrogen) atoms. The Hall–Kier alpha value is -0.830. The van der Waals surface area contributed by atoms with Gasteiger partial charge in [-0.1, -0.05) is 20.3 Å². The van der Waals surface area contributed by atoms with Gasteiger partial charge >= 0.3 is 0 Å². The third-order valence-electron chi connectivity index (χ3n) is 2.01. The third-order valence-corrected chi connectivity index (χ3v) is 2.01. The smallest absolute Gasteiger partial charge is 0.0534 e. The second-order valence-corrected chi connectivity index (χ2v) is 3.25. The molecule has 0 aliphatic heterocycles. The summed E-state index contributed by atoms with van der Waals surface area (Å²) in [6.45, 7) is 7.30. The van der Waals surface area contributed by atoms with Crippen LogP contribution in [0.5, 0.6) is 0 Å². The molecule has 0 aliphatic rings. The van der Waals surface area contributed by atoms with Gasteiger partial charge < -0.3 is 5.32 Å². The number of hydrogen-bond donors (Lipinski definition) is 1. The fourth-order valence-electron chi connectivity index (χ4n) is 1.21. The highest BCUT2D eigenvalue weighted by atomic mass is 15.3. The minimum Gasteiger partial charge on any atom is -0.313 e. The van der Waals surface area contributed by atoms with Gasteiger partial charge in [0.1, 0.15) is 0 Å². The molecular formula is C10H19N3. The number of rotatable bonds is 6. The normalized spacial score (nSPS) is 10.6. The van der Waals surface area contributed by atoms with Crippen LogP contribution in [-0.2, 0) is 13.1 Å². The van der Waals surface area contributed by atoms with Crippen molar-refractivity contribution in [2.75, 3.05) is 6.54 Å². The van der Waals surface area contributed by atoms with E-state index in [2.05, 4.69) is 30.5 Å². The van der Waals surface area contributed by atoms with Gasteiger partial charge in [-0.2, -0.15) is 5.10 Å². The van der Waals surface area contributed by atoms with Crippen molar-refractivity contribution in [2.45, 2.75) is 39.8 Å². The molecule has 1 rings (SSSR count). The Bertz CT molecular complexity index is 207. The van der Waals surface area contributed by atoms with E-state index in [1.165, 1.54) is 18.4 Å². The van der Waals surface area contributed by atoms with Crippen LogP contribution in [0.15, 0.2) is 12.4 Å². The molecule has 0 unspecified atom stereocenters. The average molecular weight is 181 g/mol. The molecule has 0 fully saturated rings. The molecule has 3 nitrogen and oxygen atoms in total. The van der Waals surface area contributed by atoms with E-state index in [-0.39, 0.29) is 0 Å². The number of hydrogen-bond acceptors (Lipinski definition) is 2. The van der Waals surface area contributed by atoms with Gasteiger partial charge in [0, 0.05) is 24.8 Å². The Morgan fingerprint density at radius 1 is 1.46 bits per heavy atom. The largest absolute Gasteiger partial charge is 0.313 e. The van der Waals surface area contributed by atoms with Crippen molar-refractivity contribution in [1.82, 2.24) is 15.1 Å². The van der Waals surface area contributed by atoms with Crippen molar-refractivity contribution in [3.05, 3.63) is 18.0 Å². The molecule has 0 aliphatic carbocycles. The molecule has 0 amide bonds. The standard InChI is InChI=1S/C10H19N3/c1-3-5-6-13-9-10(8-12-13)7-11-4-2/h8-9,11H,3-7H2,1-2H3. The lowest BCUT2D eigenvalue weighted by molar-refractivity contribution is 0.571. The molecule has 0 atom stereocenters. The second-order valence-electron chi connectivity index (χ2n) is 3.25. The van der Waals surface area contributed by atoms with Gasteiger partial charge in [0.2, 0.25) is 0 Å². The molecule has 74 valence electrons. The van der Waals surface area contributed by atoms with Crippen molar-refractivity contribution in [3.8, 4) is 0 Å². The van der Waals surface area contributed by atoms with E-state index in [0.717, 1.165) is 19.6 Å². The SMILES string of the molecule is CCCCn1cc(CNCC)cn1.